The number of rotatable bonds is 2. The van der Waals surface area contributed by atoms with Crippen molar-refractivity contribution in [1.82, 2.24) is 15.1 Å². The number of nitrogens with one attached hydrogen (secondary N) is 1. The normalized spacial score (nSPS) is 23.9. The molecule has 6 heteroatoms. The maximum absolute atomic E-state index is 12.3. The van der Waals surface area contributed by atoms with Crippen LogP contribution in [0.15, 0.2) is 0 Å². The number of amides is 3. The number of urea groups is 1. The molecule has 114 valence electrons. The van der Waals surface area contributed by atoms with Crippen LogP contribution in [0.5, 0.6) is 0 Å². The number of hydrogen-bond donors (Lipinski definition) is 1. The van der Waals surface area contributed by atoms with Crippen molar-refractivity contribution in [3.8, 4) is 0 Å². The Kier molecular flexibility index (Phi) is 5.23. The van der Waals surface area contributed by atoms with Crippen LogP contribution < -0.4 is 5.32 Å². The van der Waals surface area contributed by atoms with E-state index in [9.17, 15) is 9.59 Å². The average molecular weight is 283 g/mol. The maximum Gasteiger partial charge on any atom is 0.317 e. The summed E-state index contributed by atoms with van der Waals surface area (Å²) in [5, 5.41) is 2.90. The molecule has 2 heterocycles. The summed E-state index contributed by atoms with van der Waals surface area (Å²) in [4.78, 5) is 27.9. The van der Waals surface area contributed by atoms with Gasteiger partial charge < -0.3 is 19.9 Å². The van der Waals surface area contributed by atoms with Gasteiger partial charge in [-0.1, -0.05) is 0 Å². The van der Waals surface area contributed by atoms with Crippen LogP contribution in [0, 0.1) is 0 Å². The van der Waals surface area contributed by atoms with Crippen LogP contribution in [0.25, 0.3) is 0 Å². The van der Waals surface area contributed by atoms with Crippen molar-refractivity contribution in [2.75, 3.05) is 32.8 Å². The molecule has 1 unspecified atom stereocenters. The first kappa shape index (κ1) is 15.1. The topological polar surface area (TPSA) is 61.9 Å². The number of hydrogen-bond acceptors (Lipinski definition) is 3. The summed E-state index contributed by atoms with van der Waals surface area (Å²) in [5.41, 5.74) is 0. The summed E-state index contributed by atoms with van der Waals surface area (Å²) < 4.78 is 5.45. The minimum absolute atomic E-state index is 0.0357. The van der Waals surface area contributed by atoms with E-state index in [1.165, 1.54) is 0 Å². The van der Waals surface area contributed by atoms with E-state index >= 15 is 0 Å². The molecule has 0 aromatic rings. The Morgan fingerprint density at radius 3 is 2.45 bits per heavy atom. The van der Waals surface area contributed by atoms with Crippen molar-refractivity contribution >= 4 is 11.9 Å². The number of nitrogens with zero attached hydrogens (tertiary/aromatic N) is 2. The van der Waals surface area contributed by atoms with Crippen LogP contribution in [-0.4, -0.2) is 66.7 Å². The largest absolute Gasteiger partial charge is 0.368 e. The summed E-state index contributed by atoms with van der Waals surface area (Å²) in [6.07, 6.45) is 2.36. The molecule has 0 radical (unpaired) electrons. The lowest BCUT2D eigenvalue weighted by Crippen LogP contribution is -2.45. The van der Waals surface area contributed by atoms with E-state index in [1.54, 1.807) is 4.90 Å². The third-order valence-electron chi connectivity index (χ3n) is 3.71. The van der Waals surface area contributed by atoms with Gasteiger partial charge in [-0.25, -0.2) is 4.79 Å². The smallest absolute Gasteiger partial charge is 0.317 e. The quantitative estimate of drug-likeness (QED) is 0.816. The van der Waals surface area contributed by atoms with Gasteiger partial charge in [-0.2, -0.15) is 0 Å². The highest BCUT2D eigenvalue weighted by molar-refractivity contribution is 5.81. The third-order valence-corrected chi connectivity index (χ3v) is 3.71. The van der Waals surface area contributed by atoms with Crippen LogP contribution >= 0.6 is 0 Å². The third kappa shape index (κ3) is 3.85. The van der Waals surface area contributed by atoms with E-state index in [0.29, 0.717) is 32.8 Å². The van der Waals surface area contributed by atoms with Gasteiger partial charge in [0.2, 0.25) is 0 Å². The molecule has 2 aliphatic heterocycles. The van der Waals surface area contributed by atoms with Crippen LogP contribution in [0.4, 0.5) is 4.79 Å². The molecule has 2 saturated heterocycles. The lowest BCUT2D eigenvalue weighted by molar-refractivity contribution is -0.140. The van der Waals surface area contributed by atoms with E-state index in [0.717, 1.165) is 19.3 Å². The molecule has 0 aromatic heterocycles. The highest BCUT2D eigenvalue weighted by Crippen LogP contribution is 2.16. The zero-order valence-corrected chi connectivity index (χ0v) is 12.4. The molecule has 2 aliphatic rings. The van der Waals surface area contributed by atoms with Crippen molar-refractivity contribution in [2.24, 2.45) is 0 Å². The van der Waals surface area contributed by atoms with Crippen molar-refractivity contribution in [3.63, 3.8) is 0 Å². The predicted molar refractivity (Wildman–Crippen MR) is 75.4 cm³/mol. The van der Waals surface area contributed by atoms with Gasteiger partial charge in [0, 0.05) is 38.8 Å². The van der Waals surface area contributed by atoms with Gasteiger partial charge in [-0.15, -0.1) is 0 Å². The van der Waals surface area contributed by atoms with E-state index < -0.39 is 0 Å². The summed E-state index contributed by atoms with van der Waals surface area (Å²) in [6.45, 7) is 7.19. The highest BCUT2D eigenvalue weighted by Gasteiger charge is 2.30. The molecule has 1 N–H and O–H groups in total. The van der Waals surface area contributed by atoms with E-state index in [1.807, 2.05) is 18.7 Å². The molecule has 3 amide bonds. The number of carbonyl (C=O) groups excluding carboxylic acids is 2. The highest BCUT2D eigenvalue weighted by atomic mass is 16.5. The van der Waals surface area contributed by atoms with Gasteiger partial charge in [0.15, 0.2) is 0 Å². The molecule has 0 spiro atoms. The van der Waals surface area contributed by atoms with Crippen LogP contribution in [0.1, 0.15) is 33.1 Å². The molecule has 2 fully saturated rings. The number of ether oxygens (including phenoxy) is 1. The lowest BCUT2D eigenvalue weighted by Gasteiger charge is -2.24. The van der Waals surface area contributed by atoms with Crippen LogP contribution in [-0.2, 0) is 9.53 Å². The Bertz CT molecular complexity index is 354. The van der Waals surface area contributed by atoms with E-state index in [4.69, 9.17) is 4.74 Å². The SMILES string of the molecule is CC(C)NC(=O)N1CCCN(C(=O)C2CCCO2)CC1. The molecule has 0 bridgehead atoms. The van der Waals surface area contributed by atoms with Crippen molar-refractivity contribution in [2.45, 2.75) is 45.3 Å². The molecular weight excluding hydrogens is 258 g/mol. The van der Waals surface area contributed by atoms with Crippen molar-refractivity contribution in [3.05, 3.63) is 0 Å². The monoisotopic (exact) mass is 283 g/mol. The fourth-order valence-corrected chi connectivity index (χ4v) is 2.66. The first-order valence-corrected chi connectivity index (χ1v) is 7.54. The summed E-state index contributed by atoms with van der Waals surface area (Å²) in [6, 6.07) is 0.0989. The molecule has 2 rings (SSSR count). The van der Waals surface area contributed by atoms with Crippen LogP contribution in [0.3, 0.4) is 0 Å². The summed E-state index contributed by atoms with van der Waals surface area (Å²) >= 11 is 0. The number of carbonyl (C=O) groups is 2. The maximum atomic E-state index is 12.3. The Morgan fingerprint density at radius 1 is 1.10 bits per heavy atom. The first-order chi connectivity index (χ1) is 9.58. The molecule has 0 saturated carbocycles. The summed E-state index contributed by atoms with van der Waals surface area (Å²) in [5.74, 6) is 0.0913. The van der Waals surface area contributed by atoms with E-state index in [2.05, 4.69) is 5.32 Å². The molecule has 6 nitrogen and oxygen atoms in total. The molecule has 20 heavy (non-hydrogen) atoms. The van der Waals surface area contributed by atoms with Crippen LogP contribution in [0.2, 0.25) is 0 Å². The molecule has 0 aromatic carbocycles. The fraction of sp³-hybridized carbons (Fsp3) is 0.857. The average Bonchev–Trinajstić information content (AvgIpc) is 2.81. The first-order valence-electron chi connectivity index (χ1n) is 7.54. The van der Waals surface area contributed by atoms with Gasteiger partial charge in [-0.3, -0.25) is 4.79 Å². The Labute approximate surface area is 120 Å². The Morgan fingerprint density at radius 2 is 1.80 bits per heavy atom. The molecule has 1 atom stereocenters. The Balaban J connectivity index is 1.85. The second-order valence-corrected chi connectivity index (χ2v) is 5.77. The van der Waals surface area contributed by atoms with Gasteiger partial charge in [0.1, 0.15) is 6.10 Å². The predicted octanol–water partition coefficient (Wildman–Crippen LogP) is 0.818. The van der Waals surface area contributed by atoms with Crippen molar-refractivity contribution < 1.29 is 14.3 Å². The minimum Gasteiger partial charge on any atom is -0.368 e. The zero-order chi connectivity index (χ0) is 14.5. The van der Waals surface area contributed by atoms with E-state index in [-0.39, 0.29) is 24.1 Å². The van der Waals surface area contributed by atoms with Crippen molar-refractivity contribution in [1.29, 1.82) is 0 Å². The molecular formula is C14H25N3O3. The second kappa shape index (κ2) is 6.92. The van der Waals surface area contributed by atoms with Gasteiger partial charge in [0.25, 0.3) is 5.91 Å². The summed E-state index contributed by atoms with van der Waals surface area (Å²) in [7, 11) is 0. The zero-order valence-electron chi connectivity index (χ0n) is 12.4. The molecule has 0 aliphatic carbocycles. The second-order valence-electron chi connectivity index (χ2n) is 5.77. The van der Waals surface area contributed by atoms with Gasteiger partial charge in [-0.05, 0) is 33.1 Å². The van der Waals surface area contributed by atoms with Gasteiger partial charge >= 0.3 is 6.03 Å². The Hall–Kier alpha value is -1.30. The van der Waals surface area contributed by atoms with Gasteiger partial charge in [0.05, 0.1) is 0 Å². The standard InChI is InChI=1S/C14H25N3O3/c1-11(2)15-14(19)17-7-4-6-16(8-9-17)13(18)12-5-3-10-20-12/h11-12H,3-10H2,1-2H3,(H,15,19). The lowest BCUT2D eigenvalue weighted by atomic mass is 10.2. The minimum atomic E-state index is -0.258. The fourth-order valence-electron chi connectivity index (χ4n) is 2.66.